The lowest BCUT2D eigenvalue weighted by atomic mass is 9.72. The molecule has 0 aromatic heterocycles. The third-order valence-corrected chi connectivity index (χ3v) is 3.62. The molecule has 0 saturated heterocycles. The zero-order chi connectivity index (χ0) is 12.3. The lowest BCUT2D eigenvalue weighted by molar-refractivity contribution is 0.0382. The average Bonchev–Trinajstić information content (AvgIpc) is 2.39. The smallest absolute Gasteiger partial charge is 0.132 e. The Bertz CT molecular complexity index is 433. The zero-order valence-corrected chi connectivity index (χ0v) is 10.1. The number of hydrogen-bond donors (Lipinski definition) is 1. The highest BCUT2D eigenvalue weighted by Crippen LogP contribution is 2.41. The Morgan fingerprint density at radius 1 is 1.47 bits per heavy atom. The van der Waals surface area contributed by atoms with Gasteiger partial charge in [0.15, 0.2) is 0 Å². The molecule has 1 aliphatic carbocycles. The molecule has 1 fully saturated rings. The van der Waals surface area contributed by atoms with Crippen LogP contribution in [-0.4, -0.2) is 17.8 Å². The van der Waals surface area contributed by atoms with Crippen LogP contribution in [0.3, 0.4) is 0 Å². The fraction of sp³-hybridized carbons (Fsp3) is 0.467. The van der Waals surface area contributed by atoms with E-state index in [4.69, 9.17) is 11.2 Å². The molecule has 2 atom stereocenters. The maximum atomic E-state index is 10.5. The fourth-order valence-corrected chi connectivity index (χ4v) is 2.63. The first kappa shape index (κ1) is 12.0. The molecular formula is C15H18O2. The van der Waals surface area contributed by atoms with E-state index in [1.165, 1.54) is 0 Å². The van der Waals surface area contributed by atoms with Gasteiger partial charge in [0.1, 0.15) is 11.4 Å². The quantitative estimate of drug-likeness (QED) is 0.792. The summed E-state index contributed by atoms with van der Waals surface area (Å²) in [6, 6.07) is 7.83. The van der Waals surface area contributed by atoms with E-state index >= 15 is 0 Å². The minimum atomic E-state index is -0.995. The van der Waals surface area contributed by atoms with Crippen LogP contribution in [0.4, 0.5) is 0 Å². The van der Waals surface area contributed by atoms with Gasteiger partial charge in [-0.05, 0) is 37.0 Å². The summed E-state index contributed by atoms with van der Waals surface area (Å²) in [5.41, 5.74) is 0.0782. The summed E-state index contributed by atoms with van der Waals surface area (Å²) >= 11 is 0. The van der Waals surface area contributed by atoms with Gasteiger partial charge in [0.25, 0.3) is 0 Å². The summed E-state index contributed by atoms with van der Waals surface area (Å²) in [6.07, 6.45) is 9.25. The van der Waals surface area contributed by atoms with Crippen molar-refractivity contribution in [1.82, 2.24) is 0 Å². The molecule has 1 aliphatic rings. The first-order valence-corrected chi connectivity index (χ1v) is 6.04. The van der Waals surface area contributed by atoms with Crippen LogP contribution in [-0.2, 0) is 0 Å². The van der Waals surface area contributed by atoms with E-state index in [1.807, 2.05) is 24.3 Å². The summed E-state index contributed by atoms with van der Waals surface area (Å²) in [5, 5.41) is 10.5. The minimum Gasteiger partial charge on any atom is -0.497 e. The Morgan fingerprint density at radius 2 is 2.29 bits per heavy atom. The van der Waals surface area contributed by atoms with Gasteiger partial charge in [0.2, 0.25) is 0 Å². The Labute approximate surface area is 103 Å². The number of ether oxygens (including phenoxy) is 1. The molecule has 0 spiro atoms. The lowest BCUT2D eigenvalue weighted by Crippen LogP contribution is -2.37. The van der Waals surface area contributed by atoms with Gasteiger partial charge in [-0.25, -0.2) is 0 Å². The summed E-state index contributed by atoms with van der Waals surface area (Å²) in [5.74, 6) is 3.42. The van der Waals surface area contributed by atoms with Crippen molar-refractivity contribution in [3.8, 4) is 18.1 Å². The van der Waals surface area contributed by atoms with E-state index in [0.717, 1.165) is 30.6 Å². The summed E-state index contributed by atoms with van der Waals surface area (Å²) in [4.78, 5) is 0. The molecule has 1 aromatic rings. The molecule has 0 amide bonds. The maximum Gasteiger partial charge on any atom is 0.132 e. The van der Waals surface area contributed by atoms with E-state index in [2.05, 4.69) is 5.92 Å². The molecule has 1 saturated carbocycles. The van der Waals surface area contributed by atoms with E-state index in [0.29, 0.717) is 6.42 Å². The van der Waals surface area contributed by atoms with Crippen molar-refractivity contribution in [2.24, 2.45) is 0 Å². The molecule has 0 bridgehead atoms. The van der Waals surface area contributed by atoms with Crippen LogP contribution in [0.25, 0.3) is 0 Å². The van der Waals surface area contributed by atoms with Crippen molar-refractivity contribution in [1.29, 1.82) is 0 Å². The lowest BCUT2D eigenvalue weighted by Gasteiger charge is -2.36. The zero-order valence-electron chi connectivity index (χ0n) is 10.1. The highest BCUT2D eigenvalue weighted by atomic mass is 16.5. The highest BCUT2D eigenvalue weighted by Gasteiger charge is 2.38. The Balaban J connectivity index is 2.33. The third-order valence-electron chi connectivity index (χ3n) is 3.62. The standard InChI is InChI=1S/C15H18O2/c1-3-15(16)10-5-4-9-14(15)12-7-6-8-13(11-12)17-2/h1,6-8,11,14,16H,4-5,9-10H2,2H3. The maximum absolute atomic E-state index is 10.5. The fourth-order valence-electron chi connectivity index (χ4n) is 2.63. The van der Waals surface area contributed by atoms with E-state index in [9.17, 15) is 5.11 Å². The Morgan fingerprint density at radius 3 is 3.00 bits per heavy atom. The summed E-state index contributed by atoms with van der Waals surface area (Å²) in [7, 11) is 1.65. The molecular weight excluding hydrogens is 212 g/mol. The molecule has 1 aromatic carbocycles. The van der Waals surface area contributed by atoms with Crippen molar-refractivity contribution < 1.29 is 9.84 Å². The van der Waals surface area contributed by atoms with Gasteiger partial charge in [0.05, 0.1) is 7.11 Å². The Kier molecular flexibility index (Phi) is 3.40. The minimum absolute atomic E-state index is 0.0244. The summed E-state index contributed by atoms with van der Waals surface area (Å²) < 4.78 is 5.21. The van der Waals surface area contributed by atoms with Gasteiger partial charge >= 0.3 is 0 Å². The summed E-state index contributed by atoms with van der Waals surface area (Å²) in [6.45, 7) is 0. The topological polar surface area (TPSA) is 29.5 Å². The predicted octanol–water partition coefficient (Wildman–Crippen LogP) is 2.72. The average molecular weight is 230 g/mol. The van der Waals surface area contributed by atoms with Crippen molar-refractivity contribution >= 4 is 0 Å². The largest absolute Gasteiger partial charge is 0.497 e. The molecule has 0 heterocycles. The van der Waals surface area contributed by atoms with Gasteiger partial charge in [-0.2, -0.15) is 0 Å². The van der Waals surface area contributed by atoms with Gasteiger partial charge in [0, 0.05) is 5.92 Å². The number of aliphatic hydroxyl groups is 1. The van der Waals surface area contributed by atoms with Crippen LogP contribution >= 0.6 is 0 Å². The Hall–Kier alpha value is -1.46. The number of methoxy groups -OCH3 is 1. The predicted molar refractivity (Wildman–Crippen MR) is 68.0 cm³/mol. The molecule has 17 heavy (non-hydrogen) atoms. The number of rotatable bonds is 2. The van der Waals surface area contributed by atoms with Gasteiger partial charge in [-0.1, -0.05) is 24.5 Å². The van der Waals surface area contributed by atoms with E-state index in [1.54, 1.807) is 7.11 Å². The highest BCUT2D eigenvalue weighted by molar-refractivity contribution is 5.35. The third kappa shape index (κ3) is 2.30. The van der Waals surface area contributed by atoms with Gasteiger partial charge in [-0.3, -0.25) is 0 Å². The second-order valence-electron chi connectivity index (χ2n) is 4.64. The van der Waals surface area contributed by atoms with Crippen molar-refractivity contribution in [2.75, 3.05) is 7.11 Å². The number of terminal acetylenes is 1. The first-order chi connectivity index (χ1) is 8.19. The van der Waals surface area contributed by atoms with Crippen LogP contribution in [0.2, 0.25) is 0 Å². The first-order valence-electron chi connectivity index (χ1n) is 6.04. The molecule has 2 rings (SSSR count). The van der Waals surface area contributed by atoms with Crippen molar-refractivity contribution in [3.63, 3.8) is 0 Å². The van der Waals surface area contributed by atoms with Crippen LogP contribution in [0, 0.1) is 12.3 Å². The SMILES string of the molecule is C#CC1(O)CCCCC1c1cccc(OC)c1. The van der Waals surface area contributed by atoms with Gasteiger partial charge in [-0.15, -0.1) is 6.42 Å². The molecule has 2 heteroatoms. The number of hydrogen-bond acceptors (Lipinski definition) is 2. The molecule has 0 aliphatic heterocycles. The van der Waals surface area contributed by atoms with Crippen LogP contribution in [0.1, 0.15) is 37.2 Å². The molecule has 90 valence electrons. The van der Waals surface area contributed by atoms with Crippen LogP contribution in [0.15, 0.2) is 24.3 Å². The van der Waals surface area contributed by atoms with Crippen LogP contribution < -0.4 is 4.74 Å². The second kappa shape index (κ2) is 4.81. The monoisotopic (exact) mass is 230 g/mol. The van der Waals surface area contributed by atoms with Gasteiger partial charge < -0.3 is 9.84 Å². The normalized spacial score (nSPS) is 28.4. The second-order valence-corrected chi connectivity index (χ2v) is 4.64. The van der Waals surface area contributed by atoms with E-state index < -0.39 is 5.60 Å². The molecule has 1 N–H and O–H groups in total. The van der Waals surface area contributed by atoms with Crippen molar-refractivity contribution in [2.45, 2.75) is 37.2 Å². The molecule has 2 nitrogen and oxygen atoms in total. The number of benzene rings is 1. The molecule has 0 radical (unpaired) electrons. The van der Waals surface area contributed by atoms with Crippen LogP contribution in [0.5, 0.6) is 5.75 Å². The molecule has 2 unspecified atom stereocenters. The van der Waals surface area contributed by atoms with Crippen molar-refractivity contribution in [3.05, 3.63) is 29.8 Å². The van der Waals surface area contributed by atoms with E-state index in [-0.39, 0.29) is 5.92 Å².